The molecule has 26 heavy (non-hydrogen) atoms. The van der Waals surface area contributed by atoms with Gasteiger partial charge in [0, 0.05) is 16.7 Å². The highest BCUT2D eigenvalue weighted by Crippen LogP contribution is 2.26. The first-order valence-corrected chi connectivity index (χ1v) is 9.68. The second-order valence-corrected chi connectivity index (χ2v) is 7.03. The first-order chi connectivity index (χ1) is 12.6. The average molecular weight is 365 g/mol. The summed E-state index contributed by atoms with van der Waals surface area (Å²) in [6.45, 7) is 4.56. The maximum atomic E-state index is 11.8. The number of benzene rings is 2. The summed E-state index contributed by atoms with van der Waals surface area (Å²) >= 11 is 1.71. The molecule has 0 radical (unpaired) electrons. The van der Waals surface area contributed by atoms with Crippen molar-refractivity contribution in [1.82, 2.24) is 0 Å². The zero-order valence-corrected chi connectivity index (χ0v) is 16.0. The third-order valence-electron chi connectivity index (χ3n) is 3.83. The van der Waals surface area contributed by atoms with E-state index in [4.69, 9.17) is 10.00 Å². The van der Waals surface area contributed by atoms with Crippen LogP contribution in [0.3, 0.4) is 0 Å². The van der Waals surface area contributed by atoms with Crippen molar-refractivity contribution in [1.29, 1.82) is 5.26 Å². The molecule has 0 saturated carbocycles. The lowest BCUT2D eigenvalue weighted by Gasteiger charge is -2.07. The first-order valence-electron chi connectivity index (χ1n) is 8.69. The van der Waals surface area contributed by atoms with Crippen LogP contribution in [0.5, 0.6) is 0 Å². The normalized spacial score (nSPS) is 10.7. The number of ether oxygens (including phenoxy) is 1. The highest BCUT2D eigenvalue weighted by Gasteiger charge is 2.05. The Morgan fingerprint density at radius 2 is 2.00 bits per heavy atom. The second-order valence-electron chi connectivity index (χ2n) is 5.98. The standard InChI is InChI=1S/C22H23NO2S/c1-3-4-13-25-22(24)12-9-19-8-7-18(15-23)14-20(19)16-26-21-10-5-17(2)6-11-21/h5-12,14H,3-4,13,16H2,1-2H3/b12-9+. The molecule has 4 heteroatoms. The summed E-state index contributed by atoms with van der Waals surface area (Å²) in [5.41, 5.74) is 3.79. The molecule has 0 amide bonds. The van der Waals surface area contributed by atoms with Gasteiger partial charge in [-0.05, 0) is 54.8 Å². The SMILES string of the molecule is CCCCOC(=O)/C=C/c1ccc(C#N)cc1CSc1ccc(C)cc1. The fraction of sp³-hybridized carbons (Fsp3) is 0.273. The summed E-state index contributed by atoms with van der Waals surface area (Å²) in [6, 6.07) is 16.0. The molecule has 0 spiro atoms. The number of aryl methyl sites for hydroxylation is 1. The molecule has 0 heterocycles. The van der Waals surface area contributed by atoms with Crippen molar-refractivity contribution in [3.63, 3.8) is 0 Å². The number of thioether (sulfide) groups is 1. The van der Waals surface area contributed by atoms with Crippen LogP contribution in [0.15, 0.2) is 53.4 Å². The number of rotatable bonds is 8. The highest BCUT2D eigenvalue weighted by atomic mass is 32.2. The lowest BCUT2D eigenvalue weighted by atomic mass is 10.1. The minimum atomic E-state index is -0.333. The van der Waals surface area contributed by atoms with Crippen molar-refractivity contribution >= 4 is 23.8 Å². The van der Waals surface area contributed by atoms with Gasteiger partial charge >= 0.3 is 5.97 Å². The number of hydrogen-bond acceptors (Lipinski definition) is 4. The molecule has 0 aliphatic carbocycles. The molecule has 2 aromatic carbocycles. The number of unbranched alkanes of at least 4 members (excludes halogenated alkanes) is 1. The van der Waals surface area contributed by atoms with E-state index in [0.29, 0.717) is 12.2 Å². The van der Waals surface area contributed by atoms with E-state index in [1.54, 1.807) is 23.9 Å². The maximum absolute atomic E-state index is 11.8. The van der Waals surface area contributed by atoms with Gasteiger partial charge in [0.25, 0.3) is 0 Å². The Balaban J connectivity index is 2.09. The van der Waals surface area contributed by atoms with Gasteiger partial charge in [0.2, 0.25) is 0 Å². The van der Waals surface area contributed by atoms with Crippen LogP contribution in [-0.4, -0.2) is 12.6 Å². The number of carbonyl (C=O) groups excluding carboxylic acids is 1. The molecule has 0 unspecified atom stereocenters. The van der Waals surface area contributed by atoms with Gasteiger partial charge in [0.05, 0.1) is 18.2 Å². The number of esters is 1. The zero-order valence-electron chi connectivity index (χ0n) is 15.2. The minimum absolute atomic E-state index is 0.333. The first kappa shape index (κ1) is 19.8. The van der Waals surface area contributed by atoms with E-state index in [0.717, 1.165) is 29.7 Å². The van der Waals surface area contributed by atoms with Crippen molar-refractivity contribution in [3.05, 3.63) is 70.8 Å². The third kappa shape index (κ3) is 6.42. The molecule has 0 N–H and O–H groups in total. The molecule has 2 rings (SSSR count). The zero-order chi connectivity index (χ0) is 18.8. The van der Waals surface area contributed by atoms with E-state index in [-0.39, 0.29) is 5.97 Å². The fourth-order valence-electron chi connectivity index (χ4n) is 2.28. The van der Waals surface area contributed by atoms with Gasteiger partial charge in [-0.2, -0.15) is 5.26 Å². The van der Waals surface area contributed by atoms with Crippen molar-refractivity contribution in [3.8, 4) is 6.07 Å². The average Bonchev–Trinajstić information content (AvgIpc) is 2.66. The van der Waals surface area contributed by atoms with Crippen molar-refractivity contribution in [2.24, 2.45) is 0 Å². The number of nitrogens with zero attached hydrogens (tertiary/aromatic N) is 1. The van der Waals surface area contributed by atoms with Gasteiger partial charge < -0.3 is 4.74 Å². The molecule has 3 nitrogen and oxygen atoms in total. The van der Waals surface area contributed by atoms with Gasteiger partial charge in [-0.1, -0.05) is 37.1 Å². The molecule has 0 aromatic heterocycles. The Labute approximate surface area is 159 Å². The van der Waals surface area contributed by atoms with Gasteiger partial charge in [-0.15, -0.1) is 11.8 Å². The molecule has 2 aromatic rings. The van der Waals surface area contributed by atoms with E-state index < -0.39 is 0 Å². The summed E-state index contributed by atoms with van der Waals surface area (Å²) in [7, 11) is 0. The summed E-state index contributed by atoms with van der Waals surface area (Å²) < 4.78 is 5.15. The van der Waals surface area contributed by atoms with E-state index in [1.165, 1.54) is 16.5 Å². The summed E-state index contributed by atoms with van der Waals surface area (Å²) in [6.07, 6.45) is 5.08. The summed E-state index contributed by atoms with van der Waals surface area (Å²) in [4.78, 5) is 12.9. The van der Waals surface area contributed by atoms with Crippen LogP contribution in [0.25, 0.3) is 6.08 Å². The Kier molecular flexibility index (Phi) is 7.98. The Morgan fingerprint density at radius 1 is 1.23 bits per heavy atom. The molecular formula is C22H23NO2S. The van der Waals surface area contributed by atoms with E-state index >= 15 is 0 Å². The van der Waals surface area contributed by atoms with Crippen LogP contribution in [0.4, 0.5) is 0 Å². The molecule has 0 bridgehead atoms. The van der Waals surface area contributed by atoms with Gasteiger partial charge in [0.15, 0.2) is 0 Å². The lowest BCUT2D eigenvalue weighted by Crippen LogP contribution is -2.01. The molecule has 134 valence electrons. The van der Waals surface area contributed by atoms with Crippen molar-refractivity contribution < 1.29 is 9.53 Å². The molecule has 0 aliphatic rings. The Bertz CT molecular complexity index is 804. The fourth-order valence-corrected chi connectivity index (χ4v) is 3.18. The Hall–Kier alpha value is -2.51. The Morgan fingerprint density at radius 3 is 2.69 bits per heavy atom. The van der Waals surface area contributed by atoms with Crippen LogP contribution in [0, 0.1) is 18.3 Å². The van der Waals surface area contributed by atoms with E-state index in [1.807, 2.05) is 12.1 Å². The van der Waals surface area contributed by atoms with Crippen LogP contribution in [-0.2, 0) is 15.3 Å². The lowest BCUT2D eigenvalue weighted by molar-refractivity contribution is -0.137. The third-order valence-corrected chi connectivity index (χ3v) is 4.89. The van der Waals surface area contributed by atoms with Crippen molar-refractivity contribution in [2.45, 2.75) is 37.3 Å². The molecule has 0 atom stereocenters. The second kappa shape index (κ2) is 10.5. The molecule has 0 saturated heterocycles. The monoisotopic (exact) mass is 365 g/mol. The van der Waals surface area contributed by atoms with Gasteiger partial charge in [-0.25, -0.2) is 4.79 Å². The minimum Gasteiger partial charge on any atom is -0.463 e. The van der Waals surface area contributed by atoms with E-state index in [9.17, 15) is 4.79 Å². The van der Waals surface area contributed by atoms with E-state index in [2.05, 4.69) is 44.2 Å². The topological polar surface area (TPSA) is 50.1 Å². The number of carbonyl (C=O) groups is 1. The van der Waals surface area contributed by atoms with Crippen LogP contribution >= 0.6 is 11.8 Å². The van der Waals surface area contributed by atoms with Crippen LogP contribution < -0.4 is 0 Å². The smallest absolute Gasteiger partial charge is 0.330 e. The van der Waals surface area contributed by atoms with Crippen molar-refractivity contribution in [2.75, 3.05) is 6.61 Å². The maximum Gasteiger partial charge on any atom is 0.330 e. The quantitative estimate of drug-likeness (QED) is 0.268. The molecule has 0 fully saturated rings. The molecular weight excluding hydrogens is 342 g/mol. The molecule has 0 aliphatic heterocycles. The highest BCUT2D eigenvalue weighted by molar-refractivity contribution is 7.98. The largest absolute Gasteiger partial charge is 0.463 e. The van der Waals surface area contributed by atoms with Gasteiger partial charge in [0.1, 0.15) is 0 Å². The predicted molar refractivity (Wildman–Crippen MR) is 107 cm³/mol. The predicted octanol–water partition coefficient (Wildman–Crippen LogP) is 5.52. The summed E-state index contributed by atoms with van der Waals surface area (Å²) in [5.74, 6) is 0.392. The summed E-state index contributed by atoms with van der Waals surface area (Å²) in [5, 5.41) is 9.16. The van der Waals surface area contributed by atoms with Crippen LogP contribution in [0.1, 0.15) is 42.0 Å². The van der Waals surface area contributed by atoms with Gasteiger partial charge in [-0.3, -0.25) is 0 Å². The number of nitriles is 1. The van der Waals surface area contributed by atoms with Crippen LogP contribution in [0.2, 0.25) is 0 Å². The number of hydrogen-bond donors (Lipinski definition) is 0.